The van der Waals surface area contributed by atoms with Gasteiger partial charge in [0.05, 0.1) is 21.4 Å². The molecule has 7 heteroatoms. The number of nitrogens with zero attached hydrogens (tertiary/aromatic N) is 2. The molecule has 1 aliphatic rings. The minimum atomic E-state index is -0.859. The molecule has 0 saturated carbocycles. The average molecular weight is 391 g/mol. The van der Waals surface area contributed by atoms with Gasteiger partial charge >= 0.3 is 5.97 Å². The monoisotopic (exact) mass is 390 g/mol. The third kappa shape index (κ3) is 3.59. The van der Waals surface area contributed by atoms with Crippen LogP contribution in [0.25, 0.3) is 0 Å². The summed E-state index contributed by atoms with van der Waals surface area (Å²) in [4.78, 5) is 29.4. The third-order valence-corrected chi connectivity index (χ3v) is 4.70. The molecule has 0 saturated heterocycles. The molecule has 0 aliphatic carbocycles. The summed E-state index contributed by atoms with van der Waals surface area (Å²) in [6, 6.07) is 12.5. The molecule has 0 radical (unpaired) electrons. The van der Waals surface area contributed by atoms with Crippen LogP contribution in [-0.4, -0.2) is 29.7 Å². The van der Waals surface area contributed by atoms with Crippen LogP contribution < -0.4 is 4.90 Å². The van der Waals surface area contributed by atoms with Crippen molar-refractivity contribution in [1.29, 1.82) is 0 Å². The number of carboxylic acids is 1. The fraction of sp³-hybridized carbons (Fsp3) is 0.211. The molecule has 1 amide bonds. The van der Waals surface area contributed by atoms with Crippen LogP contribution in [0, 0.1) is 0 Å². The number of amides is 1. The van der Waals surface area contributed by atoms with E-state index in [0.717, 1.165) is 11.3 Å². The zero-order valence-electron chi connectivity index (χ0n) is 13.7. The average Bonchev–Trinajstić information content (AvgIpc) is 2.87. The van der Waals surface area contributed by atoms with Gasteiger partial charge in [-0.2, -0.15) is 0 Å². The highest BCUT2D eigenvalue weighted by molar-refractivity contribution is 6.41. The normalized spacial score (nSPS) is 16.3. The van der Waals surface area contributed by atoms with Crippen LogP contribution in [-0.2, 0) is 9.59 Å². The van der Waals surface area contributed by atoms with Crippen LogP contribution in [0.2, 0.25) is 10.0 Å². The van der Waals surface area contributed by atoms with E-state index in [4.69, 9.17) is 28.3 Å². The van der Waals surface area contributed by atoms with Gasteiger partial charge in [-0.3, -0.25) is 19.5 Å². The predicted octanol–water partition coefficient (Wildman–Crippen LogP) is 4.69. The first kappa shape index (κ1) is 18.4. The summed E-state index contributed by atoms with van der Waals surface area (Å²) < 4.78 is 0. The van der Waals surface area contributed by atoms with E-state index in [9.17, 15) is 9.59 Å². The first-order chi connectivity index (χ1) is 12.5. The molecule has 0 fully saturated rings. The Morgan fingerprint density at radius 2 is 1.85 bits per heavy atom. The van der Waals surface area contributed by atoms with E-state index in [-0.39, 0.29) is 12.3 Å². The number of rotatable bonds is 6. The van der Waals surface area contributed by atoms with Gasteiger partial charge in [-0.1, -0.05) is 47.5 Å². The van der Waals surface area contributed by atoms with E-state index < -0.39 is 11.9 Å². The van der Waals surface area contributed by atoms with Gasteiger partial charge in [-0.25, -0.2) is 0 Å². The van der Waals surface area contributed by atoms with Crippen LogP contribution in [0.3, 0.4) is 0 Å². The molecule has 1 N–H and O–H groups in total. The summed E-state index contributed by atoms with van der Waals surface area (Å²) in [5.74, 6) is -1.60. The summed E-state index contributed by atoms with van der Waals surface area (Å²) in [7, 11) is 0. The zero-order valence-corrected chi connectivity index (χ0v) is 15.2. The van der Waals surface area contributed by atoms with Gasteiger partial charge in [0.25, 0.3) is 0 Å². The van der Waals surface area contributed by atoms with Gasteiger partial charge in [0.15, 0.2) is 0 Å². The summed E-state index contributed by atoms with van der Waals surface area (Å²) in [6.07, 6.45) is 2.05. The number of carboxylic acid groups (broad SMARTS) is 1. The van der Waals surface area contributed by atoms with Crippen LogP contribution in [0.15, 0.2) is 47.5 Å². The Bertz CT molecular complexity index is 863. The number of aliphatic imine (C=N–C) groups is 1. The number of aliphatic carboxylic acids is 1. The lowest BCUT2D eigenvalue weighted by Gasteiger charge is -2.20. The number of carbonyl (C=O) groups excluding carboxylic acids is 1. The Morgan fingerprint density at radius 1 is 1.15 bits per heavy atom. The Morgan fingerprint density at radius 3 is 2.54 bits per heavy atom. The maximum atomic E-state index is 13.1. The molecule has 5 nitrogen and oxygen atoms in total. The first-order valence-corrected chi connectivity index (χ1v) is 8.85. The molecule has 1 aliphatic heterocycles. The van der Waals surface area contributed by atoms with E-state index in [0.29, 0.717) is 28.7 Å². The smallest absolute Gasteiger partial charge is 0.303 e. The molecule has 1 unspecified atom stereocenters. The first-order valence-electron chi connectivity index (χ1n) is 8.09. The van der Waals surface area contributed by atoms with Crippen molar-refractivity contribution in [3.05, 3.63) is 58.1 Å². The second-order valence-electron chi connectivity index (χ2n) is 5.83. The number of hydrogen-bond donors (Lipinski definition) is 1. The van der Waals surface area contributed by atoms with Gasteiger partial charge in [0.2, 0.25) is 5.91 Å². The highest BCUT2D eigenvalue weighted by Crippen LogP contribution is 2.46. The predicted molar refractivity (Wildman–Crippen MR) is 103 cm³/mol. The second-order valence-corrected chi connectivity index (χ2v) is 6.65. The number of anilines is 2. The highest BCUT2D eigenvalue weighted by Gasteiger charge is 2.38. The highest BCUT2D eigenvalue weighted by atomic mass is 35.5. The lowest BCUT2D eigenvalue weighted by Crippen LogP contribution is -2.25. The van der Waals surface area contributed by atoms with Crippen molar-refractivity contribution in [1.82, 2.24) is 0 Å². The van der Waals surface area contributed by atoms with Gasteiger partial charge in [-0.15, -0.1) is 0 Å². The van der Waals surface area contributed by atoms with Crippen molar-refractivity contribution < 1.29 is 14.7 Å². The minimum absolute atomic E-state index is 0.0495. The molecule has 1 heterocycles. The van der Waals surface area contributed by atoms with Crippen molar-refractivity contribution in [3.63, 3.8) is 0 Å². The zero-order chi connectivity index (χ0) is 18.7. The number of carbonyl (C=O) groups is 2. The number of hydrogen-bond acceptors (Lipinski definition) is 3. The Balaban J connectivity index is 1.92. The molecule has 0 aromatic heterocycles. The van der Waals surface area contributed by atoms with E-state index in [1.54, 1.807) is 24.4 Å². The lowest BCUT2D eigenvalue weighted by atomic mass is 10.0. The van der Waals surface area contributed by atoms with Gasteiger partial charge in [0.1, 0.15) is 5.92 Å². The Labute approximate surface area is 160 Å². The lowest BCUT2D eigenvalue weighted by molar-refractivity contribution is -0.137. The van der Waals surface area contributed by atoms with Crippen LogP contribution >= 0.6 is 23.2 Å². The van der Waals surface area contributed by atoms with Crippen molar-refractivity contribution >= 4 is 52.7 Å². The van der Waals surface area contributed by atoms with Crippen LogP contribution in [0.5, 0.6) is 0 Å². The van der Waals surface area contributed by atoms with E-state index in [1.165, 1.54) is 4.90 Å². The van der Waals surface area contributed by atoms with E-state index in [2.05, 4.69) is 4.99 Å². The molecule has 3 rings (SSSR count). The quantitative estimate of drug-likeness (QED) is 0.574. The minimum Gasteiger partial charge on any atom is -0.481 e. The van der Waals surface area contributed by atoms with Crippen molar-refractivity contribution in [2.24, 2.45) is 4.99 Å². The number of para-hydroxylation sites is 2. The number of fused-ring (bicyclic) bond motifs is 1. The number of benzene rings is 2. The Kier molecular flexibility index (Phi) is 5.59. The molecule has 0 spiro atoms. The number of halogens is 2. The largest absolute Gasteiger partial charge is 0.481 e. The van der Waals surface area contributed by atoms with Crippen LogP contribution in [0.4, 0.5) is 11.4 Å². The summed E-state index contributed by atoms with van der Waals surface area (Å²) in [6.45, 7) is 0.352. The molecule has 2 aromatic rings. The maximum Gasteiger partial charge on any atom is 0.303 e. The van der Waals surface area contributed by atoms with E-state index in [1.807, 2.05) is 24.3 Å². The van der Waals surface area contributed by atoms with Crippen molar-refractivity contribution in [2.45, 2.75) is 18.8 Å². The van der Waals surface area contributed by atoms with Gasteiger partial charge < -0.3 is 5.11 Å². The van der Waals surface area contributed by atoms with Crippen molar-refractivity contribution in [3.8, 4) is 0 Å². The fourth-order valence-corrected chi connectivity index (χ4v) is 3.49. The third-order valence-electron chi connectivity index (χ3n) is 4.09. The molecular weight excluding hydrogens is 375 g/mol. The summed E-state index contributed by atoms with van der Waals surface area (Å²) >= 11 is 12.6. The second kappa shape index (κ2) is 7.89. The molecular formula is C19H16Cl2N2O3. The fourth-order valence-electron chi connectivity index (χ4n) is 2.92. The molecule has 26 heavy (non-hydrogen) atoms. The summed E-state index contributed by atoms with van der Waals surface area (Å²) in [5.41, 5.74) is 1.99. The molecule has 0 bridgehead atoms. The van der Waals surface area contributed by atoms with Gasteiger partial charge in [0, 0.05) is 19.2 Å². The summed E-state index contributed by atoms with van der Waals surface area (Å²) in [5, 5.41) is 9.45. The molecule has 1 atom stereocenters. The Hall–Kier alpha value is -2.37. The van der Waals surface area contributed by atoms with Gasteiger partial charge in [-0.05, 0) is 30.2 Å². The van der Waals surface area contributed by atoms with Crippen LogP contribution in [0.1, 0.15) is 24.3 Å². The molecule has 2 aromatic carbocycles. The van der Waals surface area contributed by atoms with E-state index >= 15 is 0 Å². The SMILES string of the molecule is O=C(O)CCCN=CC1C(=O)N(c2c(Cl)cccc2Cl)c2ccccc21. The van der Waals surface area contributed by atoms with Crippen molar-refractivity contribution in [2.75, 3.05) is 11.4 Å². The standard InChI is InChI=1S/C19H16Cl2N2O3/c20-14-6-3-7-15(21)18(14)23-16-8-2-1-5-12(16)13(19(23)26)11-22-10-4-9-17(24)25/h1-3,5-8,11,13H,4,9-10H2,(H,24,25). The topological polar surface area (TPSA) is 70.0 Å². The maximum absolute atomic E-state index is 13.1. The molecule has 134 valence electrons.